The lowest BCUT2D eigenvalue weighted by molar-refractivity contribution is 0.165. The maximum absolute atomic E-state index is 3.45. The number of piperazine rings is 1. The van der Waals surface area contributed by atoms with Gasteiger partial charge in [0.05, 0.1) is 0 Å². The predicted molar refractivity (Wildman–Crippen MR) is 94.9 cm³/mol. The zero-order chi connectivity index (χ0) is 13.1. The minimum absolute atomic E-state index is 0. The molecule has 5 heteroatoms. The molecular weight excluding hydrogens is 305 g/mol. The topological polar surface area (TPSA) is 31.1 Å². The Morgan fingerprint density at radius 2 is 1.90 bits per heavy atom. The molecular formula is C16H25Cl2N3. The van der Waals surface area contributed by atoms with Crippen molar-refractivity contribution in [3.8, 4) is 0 Å². The van der Waals surface area contributed by atoms with Crippen LogP contribution in [0.15, 0.2) is 30.5 Å². The Balaban J connectivity index is 0.00000110. The third kappa shape index (κ3) is 3.92. The van der Waals surface area contributed by atoms with E-state index in [9.17, 15) is 0 Å². The van der Waals surface area contributed by atoms with E-state index in [1.165, 1.54) is 29.3 Å². The monoisotopic (exact) mass is 329 g/mol. The predicted octanol–water partition coefficient (Wildman–Crippen LogP) is 3.76. The summed E-state index contributed by atoms with van der Waals surface area (Å²) in [4.78, 5) is 5.97. The van der Waals surface area contributed by atoms with Gasteiger partial charge in [-0.25, -0.2) is 0 Å². The highest BCUT2D eigenvalue weighted by Gasteiger charge is 2.22. The van der Waals surface area contributed by atoms with E-state index in [4.69, 9.17) is 0 Å². The fraction of sp³-hybridized carbons (Fsp3) is 0.500. The van der Waals surface area contributed by atoms with Gasteiger partial charge in [-0.3, -0.25) is 4.90 Å². The molecule has 2 aromatic rings. The molecule has 118 valence electrons. The van der Waals surface area contributed by atoms with Crippen LogP contribution in [0.25, 0.3) is 10.9 Å². The zero-order valence-corrected chi connectivity index (χ0v) is 14.1. The third-order valence-corrected chi connectivity index (χ3v) is 4.14. The summed E-state index contributed by atoms with van der Waals surface area (Å²) in [6.07, 6.45) is 4.52. The molecule has 21 heavy (non-hydrogen) atoms. The quantitative estimate of drug-likeness (QED) is 0.894. The first kappa shape index (κ1) is 18.3. The van der Waals surface area contributed by atoms with E-state index < -0.39 is 0 Å². The zero-order valence-electron chi connectivity index (χ0n) is 12.5. The van der Waals surface area contributed by atoms with E-state index in [-0.39, 0.29) is 24.8 Å². The normalized spacial score (nSPS) is 17.0. The van der Waals surface area contributed by atoms with Gasteiger partial charge in [0.25, 0.3) is 0 Å². The Bertz CT molecular complexity index is 535. The second-order valence-electron chi connectivity index (χ2n) is 5.38. The van der Waals surface area contributed by atoms with Crippen molar-refractivity contribution in [1.82, 2.24) is 15.2 Å². The molecule has 1 saturated heterocycles. The van der Waals surface area contributed by atoms with Crippen molar-refractivity contribution in [2.75, 3.05) is 26.2 Å². The Labute approximate surface area is 139 Å². The summed E-state index contributed by atoms with van der Waals surface area (Å²) >= 11 is 0. The summed E-state index contributed by atoms with van der Waals surface area (Å²) in [6, 6.07) is 9.43. The minimum atomic E-state index is 0. The van der Waals surface area contributed by atoms with Crippen molar-refractivity contribution in [1.29, 1.82) is 0 Å². The number of hydrogen-bond acceptors (Lipinski definition) is 2. The van der Waals surface area contributed by atoms with Gasteiger partial charge < -0.3 is 10.3 Å². The Hall–Kier alpha value is -0.740. The van der Waals surface area contributed by atoms with Gasteiger partial charge >= 0.3 is 0 Å². The first-order valence-electron chi connectivity index (χ1n) is 7.41. The fourth-order valence-corrected chi connectivity index (χ4v) is 3.20. The van der Waals surface area contributed by atoms with Crippen LogP contribution in [0.4, 0.5) is 0 Å². The maximum atomic E-state index is 3.45. The molecule has 1 atom stereocenters. The first-order chi connectivity index (χ1) is 9.40. The smallest absolute Gasteiger partial charge is 0.0457 e. The van der Waals surface area contributed by atoms with Crippen molar-refractivity contribution in [2.24, 2.45) is 0 Å². The van der Waals surface area contributed by atoms with Crippen LogP contribution in [0.1, 0.15) is 31.4 Å². The summed E-state index contributed by atoms with van der Waals surface area (Å²) in [6.45, 7) is 6.83. The fourth-order valence-electron chi connectivity index (χ4n) is 3.20. The first-order valence-corrected chi connectivity index (χ1v) is 7.41. The van der Waals surface area contributed by atoms with Crippen molar-refractivity contribution >= 4 is 35.7 Å². The molecule has 0 saturated carbocycles. The molecule has 2 heterocycles. The number of nitrogens with zero attached hydrogens (tertiary/aromatic N) is 1. The number of nitrogens with one attached hydrogen (secondary N) is 2. The van der Waals surface area contributed by atoms with Gasteiger partial charge in [0, 0.05) is 49.3 Å². The SMILES string of the molecule is CCC[C@H](c1cccc2[nH]ccc12)N1CCNCC1.Cl.Cl. The molecule has 2 N–H and O–H groups in total. The summed E-state index contributed by atoms with van der Waals surface area (Å²) in [7, 11) is 0. The van der Waals surface area contributed by atoms with Gasteiger partial charge in [0.2, 0.25) is 0 Å². The molecule has 0 unspecified atom stereocenters. The lowest BCUT2D eigenvalue weighted by atomic mass is 9.96. The number of halogens is 2. The van der Waals surface area contributed by atoms with Gasteiger partial charge in [-0.1, -0.05) is 25.5 Å². The van der Waals surface area contributed by atoms with Gasteiger partial charge in [-0.05, 0) is 24.1 Å². The Morgan fingerprint density at radius 1 is 1.14 bits per heavy atom. The second kappa shape index (κ2) is 8.64. The van der Waals surface area contributed by atoms with E-state index in [0.29, 0.717) is 6.04 Å². The summed E-state index contributed by atoms with van der Waals surface area (Å²) in [5.41, 5.74) is 2.75. The number of hydrogen-bond donors (Lipinski definition) is 2. The molecule has 1 fully saturated rings. The Kier molecular flexibility index (Phi) is 7.53. The highest BCUT2D eigenvalue weighted by molar-refractivity contribution is 5.85. The standard InChI is InChI=1S/C16H23N3.2ClH/c1-2-4-16(19-11-9-17-10-12-19)14-5-3-6-15-13(14)7-8-18-15;;/h3,5-8,16-18H,2,4,9-12H2,1H3;2*1H/t16-;;/m1../s1. The van der Waals surface area contributed by atoms with Gasteiger partial charge in [0.15, 0.2) is 0 Å². The molecule has 1 aromatic carbocycles. The number of rotatable bonds is 4. The van der Waals surface area contributed by atoms with E-state index in [0.717, 1.165) is 26.2 Å². The number of benzene rings is 1. The van der Waals surface area contributed by atoms with E-state index in [2.05, 4.69) is 52.6 Å². The van der Waals surface area contributed by atoms with Crippen molar-refractivity contribution in [3.05, 3.63) is 36.0 Å². The largest absolute Gasteiger partial charge is 0.361 e. The molecule has 0 amide bonds. The van der Waals surface area contributed by atoms with Crippen LogP contribution in [-0.4, -0.2) is 36.1 Å². The third-order valence-electron chi connectivity index (χ3n) is 4.14. The second-order valence-corrected chi connectivity index (χ2v) is 5.38. The minimum Gasteiger partial charge on any atom is -0.361 e. The molecule has 3 nitrogen and oxygen atoms in total. The summed E-state index contributed by atoms with van der Waals surface area (Å²) < 4.78 is 0. The van der Waals surface area contributed by atoms with E-state index in [1.807, 2.05) is 0 Å². The number of aromatic nitrogens is 1. The van der Waals surface area contributed by atoms with Gasteiger partial charge in [-0.2, -0.15) is 0 Å². The number of fused-ring (bicyclic) bond motifs is 1. The van der Waals surface area contributed by atoms with Crippen LogP contribution in [0.2, 0.25) is 0 Å². The molecule has 1 aromatic heterocycles. The summed E-state index contributed by atoms with van der Waals surface area (Å²) in [5, 5.41) is 4.84. The van der Waals surface area contributed by atoms with Crippen molar-refractivity contribution < 1.29 is 0 Å². The number of aromatic amines is 1. The lowest BCUT2D eigenvalue weighted by Crippen LogP contribution is -2.45. The van der Waals surface area contributed by atoms with Crippen molar-refractivity contribution in [2.45, 2.75) is 25.8 Å². The van der Waals surface area contributed by atoms with Crippen molar-refractivity contribution in [3.63, 3.8) is 0 Å². The van der Waals surface area contributed by atoms with Crippen LogP contribution in [0, 0.1) is 0 Å². The Morgan fingerprint density at radius 3 is 2.62 bits per heavy atom. The molecule has 3 rings (SSSR count). The lowest BCUT2D eigenvalue weighted by Gasteiger charge is -2.35. The van der Waals surface area contributed by atoms with Crippen LogP contribution < -0.4 is 5.32 Å². The van der Waals surface area contributed by atoms with E-state index >= 15 is 0 Å². The molecule has 0 bridgehead atoms. The molecule has 1 aliphatic heterocycles. The molecule has 0 radical (unpaired) electrons. The average Bonchev–Trinajstić information content (AvgIpc) is 2.94. The highest BCUT2D eigenvalue weighted by atomic mass is 35.5. The van der Waals surface area contributed by atoms with Gasteiger partial charge in [-0.15, -0.1) is 24.8 Å². The number of H-pyrrole nitrogens is 1. The summed E-state index contributed by atoms with van der Waals surface area (Å²) in [5.74, 6) is 0. The highest BCUT2D eigenvalue weighted by Crippen LogP contribution is 2.31. The average molecular weight is 330 g/mol. The van der Waals surface area contributed by atoms with Crippen LogP contribution in [0.3, 0.4) is 0 Å². The van der Waals surface area contributed by atoms with E-state index in [1.54, 1.807) is 0 Å². The molecule has 1 aliphatic rings. The molecule has 0 spiro atoms. The van der Waals surface area contributed by atoms with Crippen LogP contribution >= 0.6 is 24.8 Å². The van der Waals surface area contributed by atoms with Gasteiger partial charge in [0.1, 0.15) is 0 Å². The maximum Gasteiger partial charge on any atom is 0.0457 e. The van der Waals surface area contributed by atoms with Crippen LogP contribution in [-0.2, 0) is 0 Å². The van der Waals surface area contributed by atoms with Crippen LogP contribution in [0.5, 0.6) is 0 Å². The molecule has 0 aliphatic carbocycles.